The fourth-order valence-electron chi connectivity index (χ4n) is 2.54. The first-order valence-electron chi connectivity index (χ1n) is 8.75. The maximum absolute atomic E-state index is 12.3. The molecule has 28 heavy (non-hydrogen) atoms. The molecule has 0 aromatic heterocycles. The molecule has 2 rings (SSSR count). The first-order chi connectivity index (χ1) is 13.3. The van der Waals surface area contributed by atoms with E-state index in [0.717, 1.165) is 11.3 Å². The van der Waals surface area contributed by atoms with Crippen LogP contribution in [0.2, 0.25) is 0 Å². The van der Waals surface area contributed by atoms with Crippen molar-refractivity contribution in [3.8, 4) is 11.5 Å². The number of rotatable bonds is 8. The summed E-state index contributed by atoms with van der Waals surface area (Å²) in [6.45, 7) is 0.0796. The van der Waals surface area contributed by atoms with Gasteiger partial charge in [0.1, 0.15) is 17.1 Å². The van der Waals surface area contributed by atoms with Crippen LogP contribution in [0, 0.1) is 0 Å². The number of esters is 1. The van der Waals surface area contributed by atoms with Crippen molar-refractivity contribution in [3.05, 3.63) is 53.6 Å². The maximum atomic E-state index is 12.3. The van der Waals surface area contributed by atoms with Gasteiger partial charge in [-0.05, 0) is 29.8 Å². The van der Waals surface area contributed by atoms with Gasteiger partial charge in [-0.2, -0.15) is 0 Å². The topological polar surface area (TPSA) is 68.3 Å². The van der Waals surface area contributed by atoms with Crippen LogP contribution in [0.4, 0.5) is 5.69 Å². The summed E-state index contributed by atoms with van der Waals surface area (Å²) >= 11 is 0. The van der Waals surface area contributed by atoms with Crippen LogP contribution in [0.15, 0.2) is 42.5 Å². The molecule has 7 heteroatoms. The van der Waals surface area contributed by atoms with Crippen LogP contribution >= 0.6 is 0 Å². The molecular weight excluding hydrogens is 360 g/mol. The molecular formula is C21H26N2O5. The molecule has 0 heterocycles. The van der Waals surface area contributed by atoms with Crippen molar-refractivity contribution in [2.24, 2.45) is 0 Å². The fraction of sp³-hybridized carbons (Fsp3) is 0.333. The van der Waals surface area contributed by atoms with Crippen molar-refractivity contribution in [1.29, 1.82) is 0 Å². The summed E-state index contributed by atoms with van der Waals surface area (Å²) in [6, 6.07) is 12.7. The summed E-state index contributed by atoms with van der Waals surface area (Å²) in [6.07, 6.45) is 0. The molecule has 1 amide bonds. The number of anilines is 1. The highest BCUT2D eigenvalue weighted by molar-refractivity contribution is 5.94. The van der Waals surface area contributed by atoms with E-state index in [1.807, 2.05) is 43.3 Å². The first kappa shape index (κ1) is 21.1. The third-order valence-electron chi connectivity index (χ3n) is 4.25. The summed E-state index contributed by atoms with van der Waals surface area (Å²) in [5.41, 5.74) is 2.31. The minimum Gasteiger partial charge on any atom is -0.497 e. The van der Waals surface area contributed by atoms with Gasteiger partial charge in [0.05, 0.1) is 14.2 Å². The molecule has 0 bridgehead atoms. The number of hydrogen-bond donors (Lipinski definition) is 0. The third-order valence-corrected chi connectivity index (χ3v) is 4.25. The summed E-state index contributed by atoms with van der Waals surface area (Å²) in [7, 11) is 8.58. The van der Waals surface area contributed by atoms with Gasteiger partial charge in [0.25, 0.3) is 5.91 Å². The van der Waals surface area contributed by atoms with Crippen LogP contribution in [0.3, 0.4) is 0 Å². The lowest BCUT2D eigenvalue weighted by Gasteiger charge is -2.18. The van der Waals surface area contributed by atoms with Crippen molar-refractivity contribution in [1.82, 2.24) is 4.90 Å². The number of carbonyl (C=O) groups excluding carboxylic acids is 2. The molecule has 150 valence electrons. The number of hydrogen-bond acceptors (Lipinski definition) is 6. The molecule has 0 N–H and O–H groups in total. The van der Waals surface area contributed by atoms with Gasteiger partial charge in [-0.15, -0.1) is 0 Å². The number of ether oxygens (including phenoxy) is 3. The first-order valence-corrected chi connectivity index (χ1v) is 8.75. The summed E-state index contributed by atoms with van der Waals surface area (Å²) in [4.78, 5) is 28.1. The van der Waals surface area contributed by atoms with Gasteiger partial charge in [0.15, 0.2) is 6.61 Å². The zero-order valence-electron chi connectivity index (χ0n) is 16.9. The molecule has 0 atom stereocenters. The van der Waals surface area contributed by atoms with E-state index in [-0.39, 0.29) is 18.1 Å². The molecule has 0 unspecified atom stereocenters. The van der Waals surface area contributed by atoms with Crippen molar-refractivity contribution in [3.63, 3.8) is 0 Å². The second-order valence-electron chi connectivity index (χ2n) is 6.45. The number of likely N-dealkylation sites (N-methyl/N-ethyl adjacent to an activating group) is 1. The van der Waals surface area contributed by atoms with E-state index in [1.165, 1.54) is 19.1 Å². The van der Waals surface area contributed by atoms with E-state index < -0.39 is 5.97 Å². The van der Waals surface area contributed by atoms with Gasteiger partial charge in [0.2, 0.25) is 0 Å². The third kappa shape index (κ3) is 5.39. The van der Waals surface area contributed by atoms with Crippen LogP contribution in [-0.4, -0.2) is 58.7 Å². The van der Waals surface area contributed by atoms with Crippen LogP contribution in [-0.2, 0) is 16.1 Å². The Balaban J connectivity index is 1.92. The zero-order chi connectivity index (χ0) is 20.7. The Morgan fingerprint density at radius 3 is 2.18 bits per heavy atom. The van der Waals surface area contributed by atoms with Gasteiger partial charge in [-0.1, -0.05) is 12.1 Å². The lowest BCUT2D eigenvalue weighted by Crippen LogP contribution is -2.30. The van der Waals surface area contributed by atoms with E-state index in [2.05, 4.69) is 0 Å². The van der Waals surface area contributed by atoms with Gasteiger partial charge < -0.3 is 24.0 Å². The predicted octanol–water partition coefficient (Wildman–Crippen LogP) is 2.59. The minimum absolute atomic E-state index is 0.234. The number of nitrogens with zero attached hydrogens (tertiary/aromatic N) is 2. The van der Waals surface area contributed by atoms with E-state index in [9.17, 15) is 9.59 Å². The summed E-state index contributed by atoms with van der Waals surface area (Å²) in [5, 5.41) is 0. The molecule has 7 nitrogen and oxygen atoms in total. The monoisotopic (exact) mass is 386 g/mol. The normalized spacial score (nSPS) is 10.2. The highest BCUT2D eigenvalue weighted by Crippen LogP contribution is 2.25. The van der Waals surface area contributed by atoms with Crippen LogP contribution in [0.25, 0.3) is 0 Å². The van der Waals surface area contributed by atoms with E-state index in [0.29, 0.717) is 18.0 Å². The number of benzene rings is 2. The Morgan fingerprint density at radius 2 is 1.61 bits per heavy atom. The molecule has 2 aromatic carbocycles. The SMILES string of the molecule is COc1ccc(C(=O)OCC(=O)N(C)Cc2ccc(N(C)C)cc2)c(OC)c1. The Kier molecular flexibility index (Phi) is 7.26. The number of methoxy groups -OCH3 is 2. The van der Waals surface area contributed by atoms with Gasteiger partial charge in [-0.3, -0.25) is 4.79 Å². The molecule has 0 saturated heterocycles. The average Bonchev–Trinajstić information content (AvgIpc) is 2.71. The fourth-order valence-corrected chi connectivity index (χ4v) is 2.54. The largest absolute Gasteiger partial charge is 0.497 e. The quantitative estimate of drug-likeness (QED) is 0.650. The molecule has 0 aliphatic heterocycles. The van der Waals surface area contributed by atoms with Gasteiger partial charge in [-0.25, -0.2) is 4.79 Å². The van der Waals surface area contributed by atoms with Crippen molar-refractivity contribution in [2.75, 3.05) is 46.9 Å². The van der Waals surface area contributed by atoms with Gasteiger partial charge >= 0.3 is 5.97 Å². The van der Waals surface area contributed by atoms with Crippen LogP contribution in [0.5, 0.6) is 11.5 Å². The molecule has 0 spiro atoms. The Morgan fingerprint density at radius 1 is 0.929 bits per heavy atom. The molecule has 0 aliphatic rings. The van der Waals surface area contributed by atoms with Crippen molar-refractivity contribution < 1.29 is 23.8 Å². The standard InChI is InChI=1S/C21H26N2O5/c1-22(2)16-8-6-15(7-9-16)13-23(3)20(24)14-28-21(25)18-11-10-17(26-4)12-19(18)27-5/h6-12H,13-14H2,1-5H3. The summed E-state index contributed by atoms with van der Waals surface area (Å²) in [5.74, 6) is -0.0373. The molecule has 2 aromatic rings. The van der Waals surface area contributed by atoms with Gasteiger partial charge in [0, 0.05) is 39.4 Å². The molecule has 0 saturated carbocycles. The summed E-state index contributed by atoms with van der Waals surface area (Å²) < 4.78 is 15.4. The van der Waals surface area contributed by atoms with E-state index >= 15 is 0 Å². The van der Waals surface area contributed by atoms with E-state index in [1.54, 1.807) is 25.2 Å². The van der Waals surface area contributed by atoms with Crippen LogP contribution < -0.4 is 14.4 Å². The highest BCUT2D eigenvalue weighted by Gasteiger charge is 2.18. The molecule has 0 fully saturated rings. The Hall–Kier alpha value is -3.22. The lowest BCUT2D eigenvalue weighted by atomic mass is 10.2. The number of amides is 1. The van der Waals surface area contributed by atoms with Crippen LogP contribution in [0.1, 0.15) is 15.9 Å². The molecule has 0 radical (unpaired) electrons. The predicted molar refractivity (Wildman–Crippen MR) is 107 cm³/mol. The highest BCUT2D eigenvalue weighted by atomic mass is 16.5. The Labute approximate surface area is 165 Å². The maximum Gasteiger partial charge on any atom is 0.342 e. The molecule has 0 aliphatic carbocycles. The van der Waals surface area contributed by atoms with E-state index in [4.69, 9.17) is 14.2 Å². The second kappa shape index (κ2) is 9.64. The smallest absolute Gasteiger partial charge is 0.342 e. The zero-order valence-corrected chi connectivity index (χ0v) is 16.9. The number of carbonyl (C=O) groups is 2. The Bertz CT molecular complexity index is 818. The average molecular weight is 386 g/mol. The minimum atomic E-state index is -0.628. The van der Waals surface area contributed by atoms with Crippen molar-refractivity contribution >= 4 is 17.6 Å². The lowest BCUT2D eigenvalue weighted by molar-refractivity contribution is -0.133. The second-order valence-corrected chi connectivity index (χ2v) is 6.45. The van der Waals surface area contributed by atoms with Crippen molar-refractivity contribution in [2.45, 2.75) is 6.54 Å².